The van der Waals surface area contributed by atoms with Crippen LogP contribution in [0.2, 0.25) is 0 Å². The van der Waals surface area contributed by atoms with Crippen molar-refractivity contribution < 1.29 is 19.4 Å². The molecule has 1 aliphatic rings. The summed E-state index contributed by atoms with van der Waals surface area (Å²) in [6.45, 7) is -0.130. The van der Waals surface area contributed by atoms with Gasteiger partial charge in [-0.05, 0) is 31.0 Å². The van der Waals surface area contributed by atoms with E-state index in [4.69, 9.17) is 5.11 Å². The van der Waals surface area contributed by atoms with Crippen molar-refractivity contribution in [3.8, 4) is 0 Å². The van der Waals surface area contributed by atoms with Crippen molar-refractivity contribution in [1.29, 1.82) is 0 Å². The fourth-order valence-electron chi connectivity index (χ4n) is 2.36. The Morgan fingerprint density at radius 2 is 2.11 bits per heavy atom. The van der Waals surface area contributed by atoms with Gasteiger partial charge in [-0.3, -0.25) is 0 Å². The van der Waals surface area contributed by atoms with E-state index in [1.54, 1.807) is 6.07 Å². The molecule has 3 rings (SSSR count). The molecule has 4 nitrogen and oxygen atoms in total. The average molecular weight is 249 g/mol. The van der Waals surface area contributed by atoms with Crippen molar-refractivity contribution in [2.24, 2.45) is 0 Å². The minimum Gasteiger partial charge on any atom is -0.478 e. The number of aliphatic hydroxyl groups is 1. The molecule has 94 valence electrons. The first-order valence-electron chi connectivity index (χ1n) is 5.79. The molecule has 5 heteroatoms. The van der Waals surface area contributed by atoms with E-state index in [9.17, 15) is 14.3 Å². The predicted molar refractivity (Wildman–Crippen MR) is 63.0 cm³/mol. The molecule has 2 aromatic rings. The van der Waals surface area contributed by atoms with Crippen molar-refractivity contribution in [3.05, 3.63) is 35.3 Å². The van der Waals surface area contributed by atoms with E-state index in [0.717, 1.165) is 12.8 Å². The van der Waals surface area contributed by atoms with Crippen LogP contribution in [0.1, 0.15) is 34.9 Å². The van der Waals surface area contributed by atoms with Crippen LogP contribution in [0.5, 0.6) is 0 Å². The molecule has 0 spiro atoms. The number of hydrogen-bond donors (Lipinski definition) is 2. The maximum absolute atomic E-state index is 13.7. The Morgan fingerprint density at radius 1 is 1.39 bits per heavy atom. The van der Waals surface area contributed by atoms with Gasteiger partial charge in [-0.1, -0.05) is 0 Å². The number of benzene rings is 1. The monoisotopic (exact) mass is 249 g/mol. The molecule has 0 atom stereocenters. The first-order chi connectivity index (χ1) is 8.61. The van der Waals surface area contributed by atoms with E-state index in [2.05, 4.69) is 0 Å². The van der Waals surface area contributed by atoms with E-state index in [-0.39, 0.29) is 12.2 Å². The predicted octanol–water partition coefficient (Wildman–Crippen LogP) is 2.31. The van der Waals surface area contributed by atoms with Crippen LogP contribution < -0.4 is 0 Å². The number of aliphatic hydroxyl groups excluding tert-OH is 1. The Balaban J connectivity index is 2.28. The van der Waals surface area contributed by atoms with Crippen LogP contribution in [0.25, 0.3) is 10.9 Å². The van der Waals surface area contributed by atoms with E-state index >= 15 is 0 Å². The Hall–Kier alpha value is -1.88. The summed E-state index contributed by atoms with van der Waals surface area (Å²) in [5.74, 6) is -2.02. The molecule has 1 aromatic heterocycles. The SMILES string of the molecule is O=C(O)c1cc2cc(CO)n(C3CC3)c2cc1F. The van der Waals surface area contributed by atoms with Gasteiger partial charge in [0.2, 0.25) is 0 Å². The lowest BCUT2D eigenvalue weighted by molar-refractivity contribution is 0.0692. The van der Waals surface area contributed by atoms with Gasteiger partial charge in [-0.15, -0.1) is 0 Å². The summed E-state index contributed by atoms with van der Waals surface area (Å²) in [5.41, 5.74) is 1.03. The molecule has 2 N–H and O–H groups in total. The molecule has 0 radical (unpaired) electrons. The van der Waals surface area contributed by atoms with Gasteiger partial charge in [0.25, 0.3) is 0 Å². The van der Waals surface area contributed by atoms with Gasteiger partial charge in [0.15, 0.2) is 0 Å². The van der Waals surface area contributed by atoms with E-state index in [1.165, 1.54) is 12.1 Å². The van der Waals surface area contributed by atoms with Crippen molar-refractivity contribution in [1.82, 2.24) is 4.57 Å². The van der Waals surface area contributed by atoms with Gasteiger partial charge < -0.3 is 14.8 Å². The fraction of sp³-hybridized carbons (Fsp3) is 0.308. The number of carbonyl (C=O) groups is 1. The van der Waals surface area contributed by atoms with Gasteiger partial charge in [-0.2, -0.15) is 0 Å². The van der Waals surface area contributed by atoms with E-state index in [1.807, 2.05) is 4.57 Å². The van der Waals surface area contributed by atoms with Gasteiger partial charge in [0.1, 0.15) is 5.82 Å². The third-order valence-corrected chi connectivity index (χ3v) is 3.31. The Labute approximate surface area is 102 Å². The van der Waals surface area contributed by atoms with Crippen LogP contribution in [0.3, 0.4) is 0 Å². The number of hydrogen-bond acceptors (Lipinski definition) is 2. The summed E-state index contributed by atoms with van der Waals surface area (Å²) >= 11 is 0. The number of rotatable bonds is 3. The van der Waals surface area contributed by atoms with Crippen LogP contribution in [0.15, 0.2) is 18.2 Å². The Kier molecular flexibility index (Phi) is 2.38. The molecule has 0 aliphatic heterocycles. The third kappa shape index (κ3) is 1.59. The molecule has 1 saturated carbocycles. The number of carboxylic acid groups (broad SMARTS) is 1. The lowest BCUT2D eigenvalue weighted by Crippen LogP contribution is -2.02. The molecule has 1 fully saturated rings. The number of aromatic nitrogens is 1. The molecule has 1 aromatic carbocycles. The van der Waals surface area contributed by atoms with E-state index < -0.39 is 11.8 Å². The minimum atomic E-state index is -1.28. The van der Waals surface area contributed by atoms with Crippen molar-refractivity contribution in [3.63, 3.8) is 0 Å². The van der Waals surface area contributed by atoms with Crippen LogP contribution in [-0.4, -0.2) is 20.7 Å². The summed E-state index contributed by atoms with van der Waals surface area (Å²) in [5, 5.41) is 18.9. The molecule has 18 heavy (non-hydrogen) atoms. The maximum Gasteiger partial charge on any atom is 0.338 e. The summed E-state index contributed by atoms with van der Waals surface area (Å²) in [6.07, 6.45) is 2.03. The molecular formula is C13H12FNO3. The molecule has 1 aliphatic carbocycles. The molecule has 0 unspecified atom stereocenters. The Morgan fingerprint density at radius 3 is 2.67 bits per heavy atom. The highest BCUT2D eigenvalue weighted by molar-refractivity contribution is 5.94. The Bertz CT molecular complexity index is 643. The van der Waals surface area contributed by atoms with Gasteiger partial charge in [0, 0.05) is 17.1 Å². The number of halogens is 1. The summed E-state index contributed by atoms with van der Waals surface area (Å²) in [4.78, 5) is 10.9. The zero-order valence-electron chi connectivity index (χ0n) is 9.56. The third-order valence-electron chi connectivity index (χ3n) is 3.31. The number of carboxylic acids is 1. The maximum atomic E-state index is 13.7. The lowest BCUT2D eigenvalue weighted by Gasteiger charge is -2.07. The second-order valence-corrected chi connectivity index (χ2v) is 4.59. The fourth-order valence-corrected chi connectivity index (χ4v) is 2.36. The first kappa shape index (κ1) is 11.2. The first-order valence-corrected chi connectivity index (χ1v) is 5.79. The standard InChI is InChI=1S/C13H12FNO3/c14-11-5-12-7(4-10(11)13(17)18)3-9(6-16)15(12)8-1-2-8/h3-5,8,16H,1-2,6H2,(H,17,18). The minimum absolute atomic E-state index is 0.130. The second-order valence-electron chi connectivity index (χ2n) is 4.59. The molecule has 0 bridgehead atoms. The van der Waals surface area contributed by atoms with Crippen LogP contribution >= 0.6 is 0 Å². The number of fused-ring (bicyclic) bond motifs is 1. The molecule has 0 amide bonds. The van der Waals surface area contributed by atoms with Gasteiger partial charge in [-0.25, -0.2) is 9.18 Å². The molecular weight excluding hydrogens is 237 g/mol. The zero-order chi connectivity index (χ0) is 12.9. The van der Waals surface area contributed by atoms with Crippen LogP contribution in [-0.2, 0) is 6.61 Å². The summed E-state index contributed by atoms with van der Waals surface area (Å²) < 4.78 is 15.6. The summed E-state index contributed by atoms with van der Waals surface area (Å²) in [7, 11) is 0. The van der Waals surface area contributed by atoms with Gasteiger partial charge >= 0.3 is 5.97 Å². The quantitative estimate of drug-likeness (QED) is 0.877. The zero-order valence-corrected chi connectivity index (χ0v) is 9.56. The van der Waals surface area contributed by atoms with Crippen molar-refractivity contribution >= 4 is 16.9 Å². The second kappa shape index (κ2) is 3.81. The van der Waals surface area contributed by atoms with E-state index in [0.29, 0.717) is 22.6 Å². The largest absolute Gasteiger partial charge is 0.478 e. The topological polar surface area (TPSA) is 62.5 Å². The average Bonchev–Trinajstić information content (AvgIpc) is 3.09. The van der Waals surface area contributed by atoms with Crippen LogP contribution in [0, 0.1) is 5.82 Å². The highest BCUT2D eigenvalue weighted by Gasteiger charge is 2.28. The molecule has 0 saturated heterocycles. The van der Waals surface area contributed by atoms with Crippen molar-refractivity contribution in [2.45, 2.75) is 25.5 Å². The highest BCUT2D eigenvalue weighted by Crippen LogP contribution is 2.40. The summed E-state index contributed by atoms with van der Waals surface area (Å²) in [6, 6.07) is 4.60. The lowest BCUT2D eigenvalue weighted by atomic mass is 10.1. The normalized spacial score (nSPS) is 15.2. The number of nitrogens with zero attached hydrogens (tertiary/aromatic N) is 1. The van der Waals surface area contributed by atoms with Gasteiger partial charge in [0.05, 0.1) is 17.7 Å². The smallest absolute Gasteiger partial charge is 0.338 e. The van der Waals surface area contributed by atoms with Crippen LogP contribution in [0.4, 0.5) is 4.39 Å². The van der Waals surface area contributed by atoms with Crippen molar-refractivity contribution in [2.75, 3.05) is 0 Å². The molecule has 1 heterocycles. The highest BCUT2D eigenvalue weighted by atomic mass is 19.1. The number of aromatic carboxylic acids is 1.